The van der Waals surface area contributed by atoms with Crippen LogP contribution in [0, 0.1) is 0 Å². The first-order chi connectivity index (χ1) is 7.69. The smallest absolute Gasteiger partial charge is 0.160 e. The number of thiophene rings is 1. The SMILES string of the molecule is O=Cc1ccc(Sc2ccc(Cl)c(Cl)c2)s1. The van der Waals surface area contributed by atoms with Gasteiger partial charge >= 0.3 is 0 Å². The van der Waals surface area contributed by atoms with Crippen LogP contribution in [-0.4, -0.2) is 6.29 Å². The molecule has 16 heavy (non-hydrogen) atoms. The van der Waals surface area contributed by atoms with E-state index in [0.29, 0.717) is 10.0 Å². The molecule has 2 aromatic rings. The normalized spacial score (nSPS) is 10.4. The molecular formula is C11H6Cl2OS2. The molecule has 1 heterocycles. The Morgan fingerprint density at radius 2 is 1.94 bits per heavy atom. The monoisotopic (exact) mass is 288 g/mol. The van der Waals surface area contributed by atoms with E-state index in [0.717, 1.165) is 20.3 Å². The first-order valence-corrected chi connectivity index (χ1v) is 6.76. The molecule has 1 aromatic heterocycles. The van der Waals surface area contributed by atoms with Gasteiger partial charge < -0.3 is 0 Å². The number of halogens is 2. The predicted octanol–water partition coefficient (Wildman–Crippen LogP) is 5.02. The molecule has 0 aliphatic heterocycles. The third kappa shape index (κ3) is 2.80. The Bertz CT molecular complexity index is 522. The van der Waals surface area contributed by atoms with Crippen molar-refractivity contribution in [2.24, 2.45) is 0 Å². The van der Waals surface area contributed by atoms with E-state index in [-0.39, 0.29) is 0 Å². The van der Waals surface area contributed by atoms with Crippen molar-refractivity contribution in [3.8, 4) is 0 Å². The Kier molecular flexibility index (Phi) is 3.92. The van der Waals surface area contributed by atoms with Gasteiger partial charge in [0.25, 0.3) is 0 Å². The van der Waals surface area contributed by atoms with Crippen LogP contribution in [0.25, 0.3) is 0 Å². The Labute approximate surface area is 111 Å². The van der Waals surface area contributed by atoms with Crippen molar-refractivity contribution in [2.75, 3.05) is 0 Å². The van der Waals surface area contributed by atoms with E-state index in [4.69, 9.17) is 23.2 Å². The fraction of sp³-hybridized carbons (Fsp3) is 0. The Balaban J connectivity index is 2.20. The number of benzene rings is 1. The van der Waals surface area contributed by atoms with Gasteiger partial charge in [0.05, 0.1) is 19.1 Å². The third-order valence-electron chi connectivity index (χ3n) is 1.83. The van der Waals surface area contributed by atoms with Crippen LogP contribution in [0.2, 0.25) is 10.0 Å². The van der Waals surface area contributed by atoms with Crippen molar-refractivity contribution in [1.29, 1.82) is 0 Å². The summed E-state index contributed by atoms with van der Waals surface area (Å²) in [5, 5.41) is 1.09. The molecule has 0 unspecified atom stereocenters. The minimum atomic E-state index is 0.541. The minimum Gasteiger partial charge on any atom is -0.297 e. The highest BCUT2D eigenvalue weighted by atomic mass is 35.5. The summed E-state index contributed by atoms with van der Waals surface area (Å²) in [6.07, 6.45) is 0.851. The van der Waals surface area contributed by atoms with E-state index in [1.54, 1.807) is 23.9 Å². The van der Waals surface area contributed by atoms with Gasteiger partial charge in [-0.05, 0) is 30.3 Å². The van der Waals surface area contributed by atoms with Crippen LogP contribution < -0.4 is 0 Å². The van der Waals surface area contributed by atoms with Gasteiger partial charge in [-0.25, -0.2) is 0 Å². The molecule has 0 radical (unpaired) electrons. The van der Waals surface area contributed by atoms with Gasteiger partial charge in [-0.2, -0.15) is 0 Å². The molecule has 1 nitrogen and oxygen atoms in total. The van der Waals surface area contributed by atoms with Gasteiger partial charge in [0.2, 0.25) is 0 Å². The van der Waals surface area contributed by atoms with E-state index >= 15 is 0 Å². The van der Waals surface area contributed by atoms with Crippen LogP contribution in [0.15, 0.2) is 39.4 Å². The minimum absolute atomic E-state index is 0.541. The summed E-state index contributed by atoms with van der Waals surface area (Å²) in [5.74, 6) is 0. The molecule has 0 bridgehead atoms. The van der Waals surface area contributed by atoms with E-state index < -0.39 is 0 Å². The molecule has 0 N–H and O–H groups in total. The maximum absolute atomic E-state index is 10.5. The van der Waals surface area contributed by atoms with Crippen LogP contribution in [0.4, 0.5) is 0 Å². The first kappa shape index (κ1) is 12.0. The van der Waals surface area contributed by atoms with Crippen molar-refractivity contribution in [3.63, 3.8) is 0 Å². The molecule has 2 rings (SSSR count). The Morgan fingerprint density at radius 3 is 2.56 bits per heavy atom. The van der Waals surface area contributed by atoms with E-state index in [2.05, 4.69) is 0 Å². The summed E-state index contributed by atoms with van der Waals surface area (Å²) in [5.41, 5.74) is 0. The molecule has 0 saturated heterocycles. The fourth-order valence-electron chi connectivity index (χ4n) is 1.11. The highest BCUT2D eigenvalue weighted by Gasteiger charge is 2.04. The van der Waals surface area contributed by atoms with Gasteiger partial charge in [-0.1, -0.05) is 35.0 Å². The number of hydrogen-bond acceptors (Lipinski definition) is 3. The maximum Gasteiger partial charge on any atom is 0.160 e. The van der Waals surface area contributed by atoms with Gasteiger partial charge in [0.15, 0.2) is 6.29 Å². The molecule has 5 heteroatoms. The second kappa shape index (κ2) is 5.23. The lowest BCUT2D eigenvalue weighted by Gasteiger charge is -2.00. The molecule has 0 aliphatic carbocycles. The average molecular weight is 289 g/mol. The average Bonchev–Trinajstić information content (AvgIpc) is 2.71. The molecule has 0 atom stereocenters. The molecule has 0 spiro atoms. The summed E-state index contributed by atoms with van der Waals surface area (Å²) in [4.78, 5) is 12.3. The largest absolute Gasteiger partial charge is 0.297 e. The number of aldehydes is 1. The van der Waals surface area contributed by atoms with E-state index in [1.807, 2.05) is 18.2 Å². The van der Waals surface area contributed by atoms with Crippen molar-refractivity contribution in [3.05, 3.63) is 45.3 Å². The Morgan fingerprint density at radius 1 is 1.12 bits per heavy atom. The van der Waals surface area contributed by atoms with Crippen LogP contribution >= 0.6 is 46.3 Å². The van der Waals surface area contributed by atoms with Crippen LogP contribution in [0.3, 0.4) is 0 Å². The first-order valence-electron chi connectivity index (χ1n) is 4.37. The highest BCUT2D eigenvalue weighted by molar-refractivity contribution is 8.01. The van der Waals surface area contributed by atoms with Gasteiger partial charge in [-0.15, -0.1) is 11.3 Å². The van der Waals surface area contributed by atoms with Crippen molar-refractivity contribution in [1.82, 2.24) is 0 Å². The molecule has 0 amide bonds. The predicted molar refractivity (Wildman–Crippen MR) is 70.3 cm³/mol. The lowest BCUT2D eigenvalue weighted by Crippen LogP contribution is -1.72. The summed E-state index contributed by atoms with van der Waals surface area (Å²) in [6, 6.07) is 9.20. The molecule has 82 valence electrons. The van der Waals surface area contributed by atoms with Crippen LogP contribution in [0.5, 0.6) is 0 Å². The molecule has 0 saturated carbocycles. The topological polar surface area (TPSA) is 17.1 Å². The molecular weight excluding hydrogens is 283 g/mol. The second-order valence-electron chi connectivity index (χ2n) is 2.95. The summed E-state index contributed by atoms with van der Waals surface area (Å²) in [7, 11) is 0. The Hall–Kier alpha value is -0.480. The number of rotatable bonds is 3. The molecule has 0 fully saturated rings. The number of carbonyl (C=O) groups is 1. The van der Waals surface area contributed by atoms with Gasteiger partial charge in [0.1, 0.15) is 0 Å². The van der Waals surface area contributed by atoms with Gasteiger partial charge in [-0.3, -0.25) is 4.79 Å². The van der Waals surface area contributed by atoms with Crippen molar-refractivity contribution < 1.29 is 4.79 Å². The molecule has 0 aliphatic rings. The lowest BCUT2D eigenvalue weighted by atomic mass is 10.4. The maximum atomic E-state index is 10.5. The van der Waals surface area contributed by atoms with E-state index in [9.17, 15) is 4.79 Å². The van der Waals surface area contributed by atoms with Crippen molar-refractivity contribution >= 4 is 52.6 Å². The summed E-state index contributed by atoms with van der Waals surface area (Å²) < 4.78 is 1.06. The standard InChI is InChI=1S/C11H6Cl2OS2/c12-9-3-1-7(5-10(9)13)15-11-4-2-8(6-14)16-11/h1-6H. The zero-order chi connectivity index (χ0) is 11.5. The van der Waals surface area contributed by atoms with E-state index in [1.165, 1.54) is 11.3 Å². The van der Waals surface area contributed by atoms with Crippen molar-refractivity contribution in [2.45, 2.75) is 9.10 Å². The van der Waals surface area contributed by atoms with Crippen LogP contribution in [0.1, 0.15) is 9.67 Å². The number of carbonyl (C=O) groups excluding carboxylic acids is 1. The lowest BCUT2D eigenvalue weighted by molar-refractivity contribution is 0.112. The fourth-order valence-corrected chi connectivity index (χ4v) is 3.45. The number of hydrogen-bond donors (Lipinski definition) is 0. The zero-order valence-corrected chi connectivity index (χ0v) is 11.1. The summed E-state index contributed by atoms with van der Waals surface area (Å²) in [6.45, 7) is 0. The third-order valence-corrected chi connectivity index (χ3v) is 4.70. The quantitative estimate of drug-likeness (QED) is 0.738. The molecule has 1 aromatic carbocycles. The second-order valence-corrected chi connectivity index (χ2v) is 6.26. The van der Waals surface area contributed by atoms with Crippen LogP contribution in [-0.2, 0) is 0 Å². The summed E-state index contributed by atoms with van der Waals surface area (Å²) >= 11 is 14.8. The highest BCUT2D eigenvalue weighted by Crippen LogP contribution is 2.35. The van der Waals surface area contributed by atoms with Gasteiger partial charge in [0, 0.05) is 4.90 Å². The zero-order valence-electron chi connectivity index (χ0n) is 7.94.